The minimum atomic E-state index is -4.37. The van der Waals surface area contributed by atoms with Crippen LogP contribution in [0, 0.1) is 3.57 Å². The summed E-state index contributed by atoms with van der Waals surface area (Å²) < 4.78 is 39.7. The van der Waals surface area contributed by atoms with Crippen LogP contribution in [-0.4, -0.2) is 4.57 Å². The third-order valence-corrected chi connectivity index (χ3v) is 3.40. The van der Waals surface area contributed by atoms with E-state index in [0.717, 1.165) is 12.1 Å². The fourth-order valence-electron chi connectivity index (χ4n) is 1.67. The van der Waals surface area contributed by atoms with Crippen LogP contribution >= 0.6 is 22.6 Å². The Morgan fingerprint density at radius 1 is 1.16 bits per heavy atom. The van der Waals surface area contributed by atoms with Gasteiger partial charge in [0.05, 0.1) is 15.7 Å². The van der Waals surface area contributed by atoms with Crippen molar-refractivity contribution in [3.63, 3.8) is 0 Å². The molecule has 0 unspecified atom stereocenters. The average molecular weight is 379 g/mol. The highest BCUT2D eigenvalue weighted by Gasteiger charge is 2.30. The molecule has 1 aromatic heterocycles. The molecule has 1 heterocycles. The van der Waals surface area contributed by atoms with E-state index in [1.807, 2.05) is 22.6 Å². The van der Waals surface area contributed by atoms with E-state index in [1.54, 1.807) is 24.4 Å². The van der Waals surface area contributed by atoms with Crippen LogP contribution in [0.1, 0.15) is 11.1 Å². The van der Waals surface area contributed by atoms with Crippen molar-refractivity contribution in [1.82, 2.24) is 4.57 Å². The number of alkyl halides is 3. The second-order valence-corrected chi connectivity index (χ2v) is 5.15. The molecule has 0 N–H and O–H groups in total. The highest BCUT2D eigenvalue weighted by Crippen LogP contribution is 2.29. The van der Waals surface area contributed by atoms with E-state index in [-0.39, 0.29) is 12.1 Å². The van der Waals surface area contributed by atoms with E-state index in [0.29, 0.717) is 9.13 Å². The van der Waals surface area contributed by atoms with Crippen molar-refractivity contribution in [3.8, 4) is 0 Å². The number of halogens is 4. The molecule has 6 heteroatoms. The largest absolute Gasteiger partial charge is 0.416 e. The van der Waals surface area contributed by atoms with Gasteiger partial charge in [-0.2, -0.15) is 13.2 Å². The molecule has 19 heavy (non-hydrogen) atoms. The van der Waals surface area contributed by atoms with Crippen molar-refractivity contribution >= 4 is 22.6 Å². The van der Waals surface area contributed by atoms with Crippen LogP contribution in [0.4, 0.5) is 13.2 Å². The fourth-order valence-corrected chi connectivity index (χ4v) is 2.19. The molecular weight excluding hydrogens is 370 g/mol. The van der Waals surface area contributed by atoms with E-state index in [2.05, 4.69) is 0 Å². The Bertz CT molecular complexity index is 649. The standard InChI is InChI=1S/C13H9F3INO/c14-13(15,16)10-4-1-3-9(7-10)8-18-6-2-5-11(17)12(18)19/h1-7H,8H2. The highest BCUT2D eigenvalue weighted by molar-refractivity contribution is 14.1. The molecule has 2 rings (SSSR count). The summed E-state index contributed by atoms with van der Waals surface area (Å²) in [6, 6.07) is 8.34. The van der Waals surface area contributed by atoms with Gasteiger partial charge >= 0.3 is 6.18 Å². The summed E-state index contributed by atoms with van der Waals surface area (Å²) in [5, 5.41) is 0. The maximum absolute atomic E-state index is 12.6. The maximum Gasteiger partial charge on any atom is 0.416 e. The van der Waals surface area contributed by atoms with Gasteiger partial charge in [0.1, 0.15) is 0 Å². The van der Waals surface area contributed by atoms with Crippen LogP contribution in [0.2, 0.25) is 0 Å². The van der Waals surface area contributed by atoms with Crippen molar-refractivity contribution in [2.45, 2.75) is 12.7 Å². The molecule has 0 saturated carbocycles. The lowest BCUT2D eigenvalue weighted by Gasteiger charge is -2.10. The van der Waals surface area contributed by atoms with Crippen LogP contribution in [0.5, 0.6) is 0 Å². The molecule has 0 aliphatic carbocycles. The third kappa shape index (κ3) is 3.37. The van der Waals surface area contributed by atoms with E-state index in [9.17, 15) is 18.0 Å². The number of benzene rings is 1. The van der Waals surface area contributed by atoms with E-state index < -0.39 is 11.7 Å². The lowest BCUT2D eigenvalue weighted by atomic mass is 10.1. The molecule has 0 amide bonds. The van der Waals surface area contributed by atoms with Gasteiger partial charge < -0.3 is 4.57 Å². The minimum absolute atomic E-state index is 0.125. The van der Waals surface area contributed by atoms with Gasteiger partial charge in [0.2, 0.25) is 0 Å². The Morgan fingerprint density at radius 2 is 1.89 bits per heavy atom. The second kappa shape index (κ2) is 5.36. The SMILES string of the molecule is O=c1c(I)cccn1Cc1cccc(C(F)(F)F)c1. The molecule has 2 nitrogen and oxygen atoms in total. The molecule has 0 saturated heterocycles. The summed E-state index contributed by atoms with van der Waals surface area (Å²) >= 11 is 1.90. The second-order valence-electron chi connectivity index (χ2n) is 3.99. The first-order valence-electron chi connectivity index (χ1n) is 5.39. The number of hydrogen-bond donors (Lipinski definition) is 0. The zero-order valence-electron chi connectivity index (χ0n) is 9.62. The van der Waals surface area contributed by atoms with Crippen LogP contribution in [0.3, 0.4) is 0 Å². The van der Waals surface area contributed by atoms with Gasteiger partial charge in [0, 0.05) is 6.20 Å². The summed E-state index contributed by atoms with van der Waals surface area (Å²) in [6.45, 7) is 0.125. The maximum atomic E-state index is 12.6. The topological polar surface area (TPSA) is 22.0 Å². The molecular formula is C13H9F3INO. The predicted molar refractivity (Wildman–Crippen MR) is 74.0 cm³/mol. The van der Waals surface area contributed by atoms with Gasteiger partial charge in [-0.1, -0.05) is 12.1 Å². The van der Waals surface area contributed by atoms with Crippen LogP contribution in [0.25, 0.3) is 0 Å². The fraction of sp³-hybridized carbons (Fsp3) is 0.154. The number of aromatic nitrogens is 1. The lowest BCUT2D eigenvalue weighted by molar-refractivity contribution is -0.137. The van der Waals surface area contributed by atoms with Gasteiger partial charge in [-0.25, -0.2) is 0 Å². The van der Waals surface area contributed by atoms with E-state index in [4.69, 9.17) is 0 Å². The quantitative estimate of drug-likeness (QED) is 0.732. The van der Waals surface area contributed by atoms with Crippen molar-refractivity contribution in [1.29, 1.82) is 0 Å². The molecule has 0 atom stereocenters. The van der Waals surface area contributed by atoms with Crippen molar-refractivity contribution < 1.29 is 13.2 Å². The normalized spacial score (nSPS) is 11.6. The predicted octanol–water partition coefficient (Wildman–Crippen LogP) is 3.52. The minimum Gasteiger partial charge on any atom is -0.310 e. The Kier molecular flexibility index (Phi) is 3.98. The van der Waals surface area contributed by atoms with Gasteiger partial charge in [-0.15, -0.1) is 0 Å². The first kappa shape index (κ1) is 14.1. The smallest absolute Gasteiger partial charge is 0.310 e. The number of rotatable bonds is 2. The zero-order chi connectivity index (χ0) is 14.0. The molecule has 2 aromatic rings. The zero-order valence-corrected chi connectivity index (χ0v) is 11.8. The van der Waals surface area contributed by atoms with Crippen molar-refractivity contribution in [3.05, 3.63) is 67.6 Å². The molecule has 0 fully saturated rings. The Hall–Kier alpha value is -1.31. The number of pyridine rings is 1. The summed E-state index contributed by atoms with van der Waals surface area (Å²) in [5.41, 5.74) is -0.469. The molecule has 0 spiro atoms. The first-order valence-corrected chi connectivity index (χ1v) is 6.47. The molecule has 1 aromatic carbocycles. The summed E-state index contributed by atoms with van der Waals surface area (Å²) in [7, 11) is 0. The molecule has 100 valence electrons. The molecule has 0 bridgehead atoms. The van der Waals surface area contributed by atoms with Crippen molar-refractivity contribution in [2.24, 2.45) is 0 Å². The monoisotopic (exact) mass is 379 g/mol. The van der Waals surface area contributed by atoms with Gasteiger partial charge in [0.15, 0.2) is 0 Å². The Balaban J connectivity index is 2.34. The molecule has 0 aliphatic rings. The highest BCUT2D eigenvalue weighted by atomic mass is 127. The Labute approximate surface area is 121 Å². The molecule has 0 aliphatic heterocycles. The lowest BCUT2D eigenvalue weighted by Crippen LogP contribution is -2.22. The Morgan fingerprint density at radius 3 is 2.58 bits per heavy atom. The number of nitrogens with zero attached hydrogens (tertiary/aromatic N) is 1. The van der Waals surface area contributed by atoms with Gasteiger partial charge in [-0.05, 0) is 52.4 Å². The number of hydrogen-bond acceptors (Lipinski definition) is 1. The summed E-state index contributed by atoms with van der Waals surface area (Å²) in [4.78, 5) is 11.8. The first-order chi connectivity index (χ1) is 8.88. The molecule has 0 radical (unpaired) electrons. The summed E-state index contributed by atoms with van der Waals surface area (Å²) in [5.74, 6) is 0. The third-order valence-electron chi connectivity index (χ3n) is 2.58. The van der Waals surface area contributed by atoms with Gasteiger partial charge in [0.25, 0.3) is 5.56 Å². The average Bonchev–Trinajstić information content (AvgIpc) is 2.34. The van der Waals surface area contributed by atoms with Gasteiger partial charge in [-0.3, -0.25) is 4.79 Å². The van der Waals surface area contributed by atoms with Crippen LogP contribution in [0.15, 0.2) is 47.4 Å². The van der Waals surface area contributed by atoms with E-state index >= 15 is 0 Å². The van der Waals surface area contributed by atoms with E-state index in [1.165, 1.54) is 10.6 Å². The summed E-state index contributed by atoms with van der Waals surface area (Å²) in [6.07, 6.45) is -2.81. The van der Waals surface area contributed by atoms with Crippen LogP contribution < -0.4 is 5.56 Å². The van der Waals surface area contributed by atoms with Crippen molar-refractivity contribution in [2.75, 3.05) is 0 Å². The van der Waals surface area contributed by atoms with Crippen LogP contribution in [-0.2, 0) is 12.7 Å².